The Bertz CT molecular complexity index is 1150. The van der Waals surface area contributed by atoms with Gasteiger partial charge in [0.05, 0.1) is 17.8 Å². The standard InChI is InChI=1S/C24H20ClF6NO3/c1-2-15-11-19(9-10-21(15)25)34-18-7-4-6-17(13-18)32(14-22(33)24(29,30)31)35-20-8-3-5-16(12-20)23(26,27)28/h3-13,22,33H,2,14H2,1H3/t22-/m0/s1. The van der Waals surface area contributed by atoms with Gasteiger partial charge in [0.2, 0.25) is 0 Å². The molecule has 0 radical (unpaired) electrons. The first kappa shape index (κ1) is 26.5. The molecule has 0 bridgehead atoms. The largest absolute Gasteiger partial charge is 0.457 e. The van der Waals surface area contributed by atoms with Crippen LogP contribution in [-0.2, 0) is 12.6 Å². The molecule has 188 valence electrons. The van der Waals surface area contributed by atoms with E-state index in [4.69, 9.17) is 21.2 Å². The second-order valence-electron chi connectivity index (χ2n) is 7.44. The van der Waals surface area contributed by atoms with Crippen molar-refractivity contribution in [2.24, 2.45) is 0 Å². The molecule has 35 heavy (non-hydrogen) atoms. The Balaban J connectivity index is 1.92. The fraction of sp³-hybridized carbons (Fsp3) is 0.250. The van der Waals surface area contributed by atoms with E-state index in [1.54, 1.807) is 18.2 Å². The van der Waals surface area contributed by atoms with E-state index in [1.807, 2.05) is 6.92 Å². The van der Waals surface area contributed by atoms with Crippen molar-refractivity contribution in [1.29, 1.82) is 0 Å². The fourth-order valence-electron chi connectivity index (χ4n) is 3.04. The summed E-state index contributed by atoms with van der Waals surface area (Å²) >= 11 is 6.10. The molecular weight excluding hydrogens is 500 g/mol. The van der Waals surface area contributed by atoms with Gasteiger partial charge in [-0.3, -0.25) is 0 Å². The van der Waals surface area contributed by atoms with Crippen molar-refractivity contribution in [1.82, 2.24) is 0 Å². The summed E-state index contributed by atoms with van der Waals surface area (Å²) in [4.78, 5) is 5.36. The number of aliphatic hydroxyl groups excluding tert-OH is 1. The summed E-state index contributed by atoms with van der Waals surface area (Å²) in [6.45, 7) is 0.796. The van der Waals surface area contributed by atoms with Gasteiger partial charge < -0.3 is 14.7 Å². The van der Waals surface area contributed by atoms with Gasteiger partial charge in [-0.25, -0.2) is 5.06 Å². The number of halogens is 7. The van der Waals surface area contributed by atoms with Crippen LogP contribution in [0.4, 0.5) is 32.0 Å². The SMILES string of the molecule is CCc1cc(Oc2cccc(N(C[C@H](O)C(F)(F)F)Oc3cccc(C(F)(F)F)c3)c2)ccc1Cl. The summed E-state index contributed by atoms with van der Waals surface area (Å²) in [5, 5.41) is 10.8. The number of benzene rings is 3. The molecule has 3 aromatic carbocycles. The molecule has 0 spiro atoms. The molecule has 1 atom stereocenters. The number of hydroxylamine groups is 1. The van der Waals surface area contributed by atoms with E-state index in [9.17, 15) is 31.4 Å². The molecule has 0 unspecified atom stereocenters. The summed E-state index contributed by atoms with van der Waals surface area (Å²) in [6.07, 6.45) is -11.9. The van der Waals surface area contributed by atoms with Crippen LogP contribution >= 0.6 is 11.6 Å². The minimum absolute atomic E-state index is 0.00731. The second kappa shape index (κ2) is 10.7. The van der Waals surface area contributed by atoms with Crippen LogP contribution in [0.3, 0.4) is 0 Å². The van der Waals surface area contributed by atoms with Gasteiger partial charge in [0.15, 0.2) is 11.9 Å². The number of nitrogens with zero attached hydrogens (tertiary/aromatic N) is 1. The predicted molar refractivity (Wildman–Crippen MR) is 119 cm³/mol. The Labute approximate surface area is 202 Å². The molecule has 0 heterocycles. The zero-order chi connectivity index (χ0) is 25.8. The average molecular weight is 520 g/mol. The number of anilines is 1. The fourth-order valence-corrected chi connectivity index (χ4v) is 3.29. The highest BCUT2D eigenvalue weighted by molar-refractivity contribution is 6.31. The zero-order valence-electron chi connectivity index (χ0n) is 18.2. The van der Waals surface area contributed by atoms with Gasteiger partial charge in [0, 0.05) is 11.1 Å². The highest BCUT2D eigenvalue weighted by atomic mass is 35.5. The first-order valence-electron chi connectivity index (χ1n) is 10.3. The Kier molecular flexibility index (Phi) is 8.07. The van der Waals surface area contributed by atoms with Crippen LogP contribution in [0, 0.1) is 0 Å². The van der Waals surface area contributed by atoms with Crippen molar-refractivity contribution in [2.75, 3.05) is 11.6 Å². The molecule has 0 aliphatic heterocycles. The van der Waals surface area contributed by atoms with Gasteiger partial charge in [0.1, 0.15) is 11.5 Å². The van der Waals surface area contributed by atoms with Gasteiger partial charge in [-0.1, -0.05) is 30.7 Å². The summed E-state index contributed by atoms with van der Waals surface area (Å²) in [7, 11) is 0. The highest BCUT2D eigenvalue weighted by Gasteiger charge is 2.40. The Morgan fingerprint density at radius 3 is 2.20 bits per heavy atom. The monoisotopic (exact) mass is 519 g/mol. The number of aryl methyl sites for hydroxylation is 1. The molecule has 0 saturated heterocycles. The summed E-state index contributed by atoms with van der Waals surface area (Å²) in [6, 6.07) is 14.3. The Hall–Kier alpha value is -3.11. The van der Waals surface area contributed by atoms with Gasteiger partial charge >= 0.3 is 12.4 Å². The van der Waals surface area contributed by atoms with Gasteiger partial charge in [-0.2, -0.15) is 26.3 Å². The molecule has 1 N–H and O–H groups in total. The lowest BCUT2D eigenvalue weighted by Crippen LogP contribution is -2.42. The molecule has 3 rings (SSSR count). The van der Waals surface area contributed by atoms with Crippen LogP contribution in [0.2, 0.25) is 5.02 Å². The van der Waals surface area contributed by atoms with Gasteiger partial charge in [-0.05, 0) is 60.5 Å². The number of aliphatic hydroxyl groups is 1. The molecule has 4 nitrogen and oxygen atoms in total. The zero-order valence-corrected chi connectivity index (χ0v) is 19.0. The third-order valence-electron chi connectivity index (χ3n) is 4.83. The van der Waals surface area contributed by atoms with E-state index in [0.29, 0.717) is 28.3 Å². The van der Waals surface area contributed by atoms with Crippen molar-refractivity contribution in [3.8, 4) is 17.2 Å². The van der Waals surface area contributed by atoms with Crippen molar-refractivity contribution in [3.05, 3.63) is 82.9 Å². The van der Waals surface area contributed by atoms with E-state index in [-0.39, 0.29) is 17.2 Å². The first-order valence-corrected chi connectivity index (χ1v) is 10.7. The third kappa shape index (κ3) is 7.19. The molecule has 0 aliphatic rings. The quantitative estimate of drug-likeness (QED) is 0.248. The lowest BCUT2D eigenvalue weighted by Gasteiger charge is -2.28. The van der Waals surface area contributed by atoms with E-state index < -0.39 is 30.6 Å². The second-order valence-corrected chi connectivity index (χ2v) is 7.85. The lowest BCUT2D eigenvalue weighted by atomic mass is 10.1. The molecule has 3 aromatic rings. The third-order valence-corrected chi connectivity index (χ3v) is 5.20. The van der Waals surface area contributed by atoms with Crippen molar-refractivity contribution < 1.29 is 41.0 Å². The maximum Gasteiger partial charge on any atom is 0.416 e. The van der Waals surface area contributed by atoms with Crippen LogP contribution in [0.25, 0.3) is 0 Å². The molecule has 0 aromatic heterocycles. The maximum absolute atomic E-state index is 13.1. The minimum atomic E-state index is -4.98. The van der Waals surface area contributed by atoms with Crippen LogP contribution in [0.15, 0.2) is 66.7 Å². The summed E-state index contributed by atoms with van der Waals surface area (Å²) in [5.74, 6) is 0.265. The summed E-state index contributed by atoms with van der Waals surface area (Å²) in [5.41, 5.74) is -0.214. The van der Waals surface area contributed by atoms with Crippen LogP contribution in [-0.4, -0.2) is 23.9 Å². The minimum Gasteiger partial charge on any atom is -0.457 e. The Morgan fingerprint density at radius 1 is 0.886 bits per heavy atom. The van der Waals surface area contributed by atoms with Crippen LogP contribution in [0.1, 0.15) is 18.1 Å². The maximum atomic E-state index is 13.1. The molecule has 0 aliphatic carbocycles. The van der Waals surface area contributed by atoms with E-state index in [2.05, 4.69) is 0 Å². The number of ether oxygens (including phenoxy) is 1. The average Bonchev–Trinajstić information content (AvgIpc) is 2.79. The number of hydrogen-bond donors (Lipinski definition) is 1. The van der Waals surface area contributed by atoms with Gasteiger partial charge in [-0.15, -0.1) is 0 Å². The highest BCUT2D eigenvalue weighted by Crippen LogP contribution is 2.34. The molecular formula is C24H20ClF6NO3. The van der Waals surface area contributed by atoms with Crippen LogP contribution in [0.5, 0.6) is 17.2 Å². The van der Waals surface area contributed by atoms with Crippen LogP contribution < -0.4 is 14.6 Å². The number of hydrogen-bond acceptors (Lipinski definition) is 4. The predicted octanol–water partition coefficient (Wildman–Crippen LogP) is 7.44. The molecule has 0 fully saturated rings. The topological polar surface area (TPSA) is 41.9 Å². The summed E-state index contributed by atoms with van der Waals surface area (Å²) < 4.78 is 84.0. The number of alkyl halides is 6. The molecule has 11 heteroatoms. The normalized spacial score (nSPS) is 12.8. The van der Waals surface area contributed by atoms with E-state index in [1.165, 1.54) is 24.3 Å². The van der Waals surface area contributed by atoms with Gasteiger partial charge in [0.25, 0.3) is 0 Å². The van der Waals surface area contributed by atoms with Crippen molar-refractivity contribution in [2.45, 2.75) is 31.8 Å². The first-order chi connectivity index (χ1) is 16.4. The smallest absolute Gasteiger partial charge is 0.416 e. The molecule has 0 saturated carbocycles. The Morgan fingerprint density at radius 2 is 1.54 bits per heavy atom. The van der Waals surface area contributed by atoms with Crippen molar-refractivity contribution in [3.63, 3.8) is 0 Å². The molecule has 0 amide bonds. The van der Waals surface area contributed by atoms with E-state index in [0.717, 1.165) is 23.8 Å². The number of rotatable bonds is 8. The lowest BCUT2D eigenvalue weighted by molar-refractivity contribution is -0.202. The van der Waals surface area contributed by atoms with E-state index >= 15 is 0 Å². The van der Waals surface area contributed by atoms with Crippen molar-refractivity contribution >= 4 is 17.3 Å².